The molecule has 0 aliphatic carbocycles. The fraction of sp³-hybridized carbons (Fsp3) is 0.500. The molecule has 5 heteroatoms. The molecule has 0 saturated heterocycles. The Morgan fingerprint density at radius 2 is 1.95 bits per heavy atom. The zero-order valence-corrected chi connectivity index (χ0v) is 11.4. The molecule has 0 radical (unpaired) electrons. The van der Waals surface area contributed by atoms with Crippen LogP contribution in [0.5, 0.6) is 5.75 Å². The van der Waals surface area contributed by atoms with Crippen LogP contribution < -0.4 is 10.6 Å². The van der Waals surface area contributed by atoms with E-state index in [-0.39, 0.29) is 18.4 Å². The first-order chi connectivity index (χ1) is 8.99. The lowest BCUT2D eigenvalue weighted by atomic mass is 9.98. The van der Waals surface area contributed by atoms with Gasteiger partial charge < -0.3 is 20.8 Å². The van der Waals surface area contributed by atoms with Gasteiger partial charge in [-0.15, -0.1) is 0 Å². The first-order valence-electron chi connectivity index (χ1n) is 6.44. The summed E-state index contributed by atoms with van der Waals surface area (Å²) in [5, 5.41) is 24.0. The Morgan fingerprint density at radius 3 is 2.47 bits per heavy atom. The Kier molecular flexibility index (Phi) is 5.63. The van der Waals surface area contributed by atoms with Crippen LogP contribution in [0.25, 0.3) is 0 Å². The highest BCUT2D eigenvalue weighted by Crippen LogP contribution is 2.11. The average Bonchev–Trinajstić information content (AvgIpc) is 2.38. The number of phenolic OH excluding ortho intramolecular Hbond substituents is 1. The molecule has 1 atom stereocenters. The van der Waals surface area contributed by atoms with Crippen molar-refractivity contribution in [1.29, 1.82) is 0 Å². The zero-order valence-electron chi connectivity index (χ0n) is 11.4. The minimum Gasteiger partial charge on any atom is -0.508 e. The molecule has 0 heterocycles. The first-order valence-corrected chi connectivity index (χ1v) is 6.44. The Labute approximate surface area is 113 Å². The van der Waals surface area contributed by atoms with Crippen LogP contribution in [0.4, 0.5) is 4.79 Å². The van der Waals surface area contributed by atoms with Crippen molar-refractivity contribution in [3.8, 4) is 5.75 Å². The smallest absolute Gasteiger partial charge is 0.315 e. The lowest BCUT2D eigenvalue weighted by molar-refractivity contribution is 0.163. The number of urea groups is 1. The highest BCUT2D eigenvalue weighted by Gasteiger charge is 2.24. The number of nitrogens with one attached hydrogen (secondary N) is 2. The van der Waals surface area contributed by atoms with E-state index in [1.54, 1.807) is 24.3 Å². The van der Waals surface area contributed by atoms with Crippen LogP contribution in [0.2, 0.25) is 0 Å². The molecule has 0 spiro atoms. The predicted octanol–water partition coefficient (Wildman–Crippen LogP) is 1.74. The van der Waals surface area contributed by atoms with Gasteiger partial charge in [-0.3, -0.25) is 0 Å². The minimum atomic E-state index is -0.589. The number of carbonyl (C=O) groups is 1. The van der Waals surface area contributed by atoms with E-state index in [1.807, 2.05) is 13.8 Å². The van der Waals surface area contributed by atoms with E-state index >= 15 is 0 Å². The van der Waals surface area contributed by atoms with E-state index in [9.17, 15) is 9.90 Å². The van der Waals surface area contributed by atoms with E-state index in [2.05, 4.69) is 10.6 Å². The summed E-state index contributed by atoms with van der Waals surface area (Å²) in [6.07, 6.45) is 1.60. The van der Waals surface area contributed by atoms with Crippen LogP contribution in [-0.4, -0.2) is 28.4 Å². The second-order valence-electron chi connectivity index (χ2n) is 4.94. The summed E-state index contributed by atoms with van der Waals surface area (Å²) in [4.78, 5) is 11.7. The molecule has 1 rings (SSSR count). The van der Waals surface area contributed by atoms with Crippen LogP contribution in [-0.2, 0) is 6.54 Å². The van der Waals surface area contributed by atoms with Crippen LogP contribution in [0.1, 0.15) is 32.3 Å². The van der Waals surface area contributed by atoms with E-state index in [1.165, 1.54) is 0 Å². The SMILES string of the molecule is CCCC(C)(CO)NC(=O)NCc1ccc(O)cc1. The maximum Gasteiger partial charge on any atom is 0.315 e. The Morgan fingerprint density at radius 1 is 1.32 bits per heavy atom. The predicted molar refractivity (Wildman–Crippen MR) is 73.9 cm³/mol. The maximum atomic E-state index is 11.7. The van der Waals surface area contributed by atoms with Gasteiger partial charge in [0.05, 0.1) is 12.1 Å². The number of aliphatic hydroxyl groups is 1. The normalized spacial score (nSPS) is 13.6. The average molecular weight is 266 g/mol. The number of aromatic hydroxyl groups is 1. The van der Waals surface area contributed by atoms with Gasteiger partial charge in [0, 0.05) is 6.54 Å². The van der Waals surface area contributed by atoms with Gasteiger partial charge >= 0.3 is 6.03 Å². The standard InChI is InChI=1S/C14H22N2O3/c1-3-8-14(2,10-17)16-13(19)15-9-11-4-6-12(18)7-5-11/h4-7,17-18H,3,8-10H2,1-2H3,(H2,15,16,19). The molecule has 1 unspecified atom stereocenters. The van der Waals surface area contributed by atoms with Crippen molar-refractivity contribution in [2.24, 2.45) is 0 Å². The topological polar surface area (TPSA) is 81.6 Å². The molecular weight excluding hydrogens is 244 g/mol. The summed E-state index contributed by atoms with van der Waals surface area (Å²) in [5.41, 5.74) is 0.308. The molecule has 0 saturated carbocycles. The van der Waals surface area contributed by atoms with Crippen LogP contribution in [0.15, 0.2) is 24.3 Å². The van der Waals surface area contributed by atoms with Crippen molar-refractivity contribution in [3.05, 3.63) is 29.8 Å². The Bertz CT molecular complexity index is 406. The van der Waals surface area contributed by atoms with E-state index < -0.39 is 5.54 Å². The van der Waals surface area contributed by atoms with Crippen LogP contribution >= 0.6 is 0 Å². The number of benzene rings is 1. The molecule has 0 bridgehead atoms. The van der Waals surface area contributed by atoms with Gasteiger partial charge in [-0.05, 0) is 31.0 Å². The minimum absolute atomic E-state index is 0.0898. The third kappa shape index (κ3) is 5.18. The van der Waals surface area contributed by atoms with Crippen molar-refractivity contribution >= 4 is 6.03 Å². The molecule has 0 fully saturated rings. The molecule has 106 valence electrons. The van der Waals surface area contributed by atoms with Gasteiger partial charge in [-0.1, -0.05) is 25.5 Å². The number of hydrogen-bond acceptors (Lipinski definition) is 3. The highest BCUT2D eigenvalue weighted by atomic mass is 16.3. The fourth-order valence-electron chi connectivity index (χ4n) is 1.85. The van der Waals surface area contributed by atoms with Gasteiger partial charge in [0.15, 0.2) is 0 Å². The monoisotopic (exact) mass is 266 g/mol. The summed E-state index contributed by atoms with van der Waals surface area (Å²) >= 11 is 0. The van der Waals surface area contributed by atoms with Crippen molar-refractivity contribution in [1.82, 2.24) is 10.6 Å². The summed E-state index contributed by atoms with van der Waals surface area (Å²) in [5.74, 6) is 0.198. The largest absolute Gasteiger partial charge is 0.508 e. The van der Waals surface area contributed by atoms with E-state index in [4.69, 9.17) is 5.11 Å². The first kappa shape index (κ1) is 15.3. The molecule has 4 N–H and O–H groups in total. The number of amides is 2. The molecular formula is C14H22N2O3. The third-order valence-corrected chi connectivity index (χ3v) is 2.96. The lowest BCUT2D eigenvalue weighted by Gasteiger charge is -2.28. The quantitative estimate of drug-likeness (QED) is 0.633. The number of phenols is 1. The van der Waals surface area contributed by atoms with Crippen molar-refractivity contribution in [2.45, 2.75) is 38.8 Å². The van der Waals surface area contributed by atoms with Gasteiger partial charge in [-0.2, -0.15) is 0 Å². The molecule has 19 heavy (non-hydrogen) atoms. The summed E-state index contributed by atoms with van der Waals surface area (Å²) in [7, 11) is 0. The molecule has 0 aromatic heterocycles. The van der Waals surface area contributed by atoms with Gasteiger partial charge in [-0.25, -0.2) is 4.79 Å². The van der Waals surface area contributed by atoms with Gasteiger partial charge in [0.2, 0.25) is 0 Å². The zero-order chi connectivity index (χ0) is 14.3. The van der Waals surface area contributed by atoms with Crippen molar-refractivity contribution in [3.63, 3.8) is 0 Å². The Balaban J connectivity index is 2.45. The second-order valence-corrected chi connectivity index (χ2v) is 4.94. The third-order valence-electron chi connectivity index (χ3n) is 2.96. The molecule has 1 aromatic rings. The second kappa shape index (κ2) is 6.99. The molecule has 2 amide bonds. The van der Waals surface area contributed by atoms with E-state index in [0.29, 0.717) is 6.54 Å². The van der Waals surface area contributed by atoms with Gasteiger partial charge in [0.25, 0.3) is 0 Å². The number of rotatable bonds is 6. The molecule has 5 nitrogen and oxygen atoms in total. The highest BCUT2D eigenvalue weighted by molar-refractivity contribution is 5.74. The molecule has 1 aromatic carbocycles. The number of hydrogen-bond donors (Lipinski definition) is 4. The summed E-state index contributed by atoms with van der Waals surface area (Å²) in [6.45, 7) is 4.10. The maximum absolute atomic E-state index is 11.7. The molecule has 0 aliphatic rings. The number of carbonyl (C=O) groups excluding carboxylic acids is 1. The van der Waals surface area contributed by atoms with Crippen molar-refractivity contribution in [2.75, 3.05) is 6.61 Å². The van der Waals surface area contributed by atoms with Crippen LogP contribution in [0, 0.1) is 0 Å². The summed E-state index contributed by atoms with van der Waals surface area (Å²) < 4.78 is 0. The summed E-state index contributed by atoms with van der Waals surface area (Å²) in [6, 6.07) is 6.33. The van der Waals surface area contributed by atoms with E-state index in [0.717, 1.165) is 18.4 Å². The van der Waals surface area contributed by atoms with Crippen molar-refractivity contribution < 1.29 is 15.0 Å². The molecule has 0 aliphatic heterocycles. The van der Waals surface area contributed by atoms with Crippen LogP contribution in [0.3, 0.4) is 0 Å². The number of aliphatic hydroxyl groups excluding tert-OH is 1. The van der Waals surface area contributed by atoms with Gasteiger partial charge in [0.1, 0.15) is 5.75 Å². The fourth-order valence-corrected chi connectivity index (χ4v) is 1.85. The Hall–Kier alpha value is -1.75. The lowest BCUT2D eigenvalue weighted by Crippen LogP contribution is -2.52.